The zero-order chi connectivity index (χ0) is 27.8. The molecule has 1 amide bonds. The third-order valence-electron chi connectivity index (χ3n) is 8.30. The molecule has 4 aromatic rings. The number of hydrogen-bond acceptors (Lipinski definition) is 3. The van der Waals surface area contributed by atoms with Crippen molar-refractivity contribution in [3.8, 4) is 0 Å². The summed E-state index contributed by atoms with van der Waals surface area (Å²) in [6, 6.07) is 24.6. The lowest BCUT2D eigenvalue weighted by Crippen LogP contribution is -2.48. The van der Waals surface area contributed by atoms with Crippen LogP contribution in [0.2, 0.25) is 10.0 Å². The fourth-order valence-electron chi connectivity index (χ4n) is 6.16. The van der Waals surface area contributed by atoms with Crippen molar-refractivity contribution in [3.05, 3.63) is 105 Å². The molecule has 3 atom stereocenters. The Bertz CT molecular complexity index is 1580. The molecule has 0 radical (unpaired) electrons. The second kappa shape index (κ2) is 11.6. The van der Waals surface area contributed by atoms with Crippen LogP contribution in [0.25, 0.3) is 17.0 Å². The summed E-state index contributed by atoms with van der Waals surface area (Å²) >= 11 is 14.1. The topological polar surface area (TPSA) is 37.3 Å². The van der Waals surface area contributed by atoms with E-state index < -0.39 is 0 Å². The molecule has 2 heterocycles. The highest BCUT2D eigenvalue weighted by atomic mass is 35.5. The van der Waals surface area contributed by atoms with E-state index in [0.717, 1.165) is 51.2 Å². The molecular formula is C33H33Cl2N3OS. The summed E-state index contributed by atoms with van der Waals surface area (Å²) in [5, 5.41) is 5.90. The molecule has 1 aromatic heterocycles. The van der Waals surface area contributed by atoms with Crippen LogP contribution in [-0.2, 0) is 11.3 Å². The summed E-state index contributed by atoms with van der Waals surface area (Å²) in [6.07, 6.45) is 6.74. The van der Waals surface area contributed by atoms with Crippen LogP contribution in [0.15, 0.2) is 77.7 Å². The maximum Gasteiger partial charge on any atom is 0.262 e. The molecule has 40 heavy (non-hydrogen) atoms. The zero-order valence-corrected chi connectivity index (χ0v) is 25.1. The summed E-state index contributed by atoms with van der Waals surface area (Å²) < 4.78 is 2.30. The van der Waals surface area contributed by atoms with Gasteiger partial charge in [-0.1, -0.05) is 97.2 Å². The van der Waals surface area contributed by atoms with E-state index in [-0.39, 0.29) is 17.4 Å². The predicted octanol–water partition coefficient (Wildman–Crippen LogP) is 9.20. The van der Waals surface area contributed by atoms with Gasteiger partial charge in [0.2, 0.25) is 0 Å². The van der Waals surface area contributed by atoms with Gasteiger partial charge in [-0.2, -0.15) is 0 Å². The molecule has 6 rings (SSSR count). The van der Waals surface area contributed by atoms with Gasteiger partial charge in [-0.3, -0.25) is 4.79 Å². The minimum atomic E-state index is -0.142. The van der Waals surface area contributed by atoms with Gasteiger partial charge in [0.25, 0.3) is 5.91 Å². The average molecular weight is 591 g/mol. The molecule has 0 spiro atoms. The van der Waals surface area contributed by atoms with Crippen molar-refractivity contribution in [2.45, 2.75) is 57.6 Å². The number of hydrogen-bond donors (Lipinski definition) is 1. The number of para-hydroxylation sites is 2. The quantitative estimate of drug-likeness (QED) is 0.228. The highest BCUT2D eigenvalue weighted by Gasteiger charge is 2.43. The SMILES string of the molecule is Cc1c(/C=C2\SC(Nc3ccccc3)N([C@H]3CCCC[C@H]3C)C2=O)c2ccccc2n1Cc1ccc(Cl)c(Cl)c1. The normalized spacial score (nSPS) is 22.4. The molecule has 0 bridgehead atoms. The van der Waals surface area contributed by atoms with Gasteiger partial charge in [0.05, 0.1) is 15.0 Å². The van der Waals surface area contributed by atoms with E-state index in [1.807, 2.05) is 36.4 Å². The van der Waals surface area contributed by atoms with Gasteiger partial charge in [0, 0.05) is 40.4 Å². The van der Waals surface area contributed by atoms with Crippen LogP contribution < -0.4 is 5.32 Å². The molecule has 2 fully saturated rings. The van der Waals surface area contributed by atoms with Gasteiger partial charge in [-0.15, -0.1) is 0 Å². The fourth-order valence-corrected chi connectivity index (χ4v) is 7.68. The largest absolute Gasteiger partial charge is 0.356 e. The number of thioether (sulfide) groups is 1. The molecule has 1 aliphatic heterocycles. The summed E-state index contributed by atoms with van der Waals surface area (Å²) in [6.45, 7) is 5.09. The number of amides is 1. The summed E-state index contributed by atoms with van der Waals surface area (Å²) in [5.41, 5.74) is 5.29. The standard InChI is InChI=1S/C33H33Cl2N3OS/c1-21-10-6-8-14-29(21)38-32(39)31(40-33(38)36-24-11-4-3-5-12-24)19-26-22(2)37(30-15-9-7-13-25(26)30)20-23-16-17-27(34)28(35)18-23/h3-5,7,9,11-13,15-19,21,29,33,36H,6,8,10,14,20H2,1-2H3/b31-19-/t21-,29+,33?/m1/s1. The molecule has 206 valence electrons. The zero-order valence-electron chi connectivity index (χ0n) is 22.7. The number of carbonyl (C=O) groups excluding carboxylic acids is 1. The number of nitrogens with zero attached hydrogens (tertiary/aromatic N) is 2. The molecule has 3 aromatic carbocycles. The summed E-state index contributed by atoms with van der Waals surface area (Å²) in [5.74, 6) is 0.602. The van der Waals surface area contributed by atoms with Crippen molar-refractivity contribution in [3.63, 3.8) is 0 Å². The molecule has 1 N–H and O–H groups in total. The molecule has 7 heteroatoms. The van der Waals surface area contributed by atoms with Crippen molar-refractivity contribution < 1.29 is 4.79 Å². The van der Waals surface area contributed by atoms with E-state index in [2.05, 4.69) is 71.1 Å². The molecule has 4 nitrogen and oxygen atoms in total. The lowest BCUT2D eigenvalue weighted by Gasteiger charge is -2.39. The first-order chi connectivity index (χ1) is 19.4. The Morgan fingerprint density at radius 2 is 1.73 bits per heavy atom. The van der Waals surface area contributed by atoms with Crippen LogP contribution in [-0.4, -0.2) is 26.9 Å². The Morgan fingerprint density at radius 1 is 0.975 bits per heavy atom. The first kappa shape index (κ1) is 27.3. The van der Waals surface area contributed by atoms with Crippen LogP contribution >= 0.6 is 35.0 Å². The molecule has 1 unspecified atom stereocenters. The van der Waals surface area contributed by atoms with Gasteiger partial charge in [0.1, 0.15) is 0 Å². The monoisotopic (exact) mass is 589 g/mol. The van der Waals surface area contributed by atoms with E-state index in [1.54, 1.807) is 11.8 Å². The van der Waals surface area contributed by atoms with Gasteiger partial charge >= 0.3 is 0 Å². The fraction of sp³-hybridized carbons (Fsp3) is 0.303. The van der Waals surface area contributed by atoms with E-state index in [9.17, 15) is 4.79 Å². The number of fused-ring (bicyclic) bond motifs is 1. The Balaban J connectivity index is 1.39. The van der Waals surface area contributed by atoms with Crippen molar-refractivity contribution >= 4 is 63.5 Å². The summed E-state index contributed by atoms with van der Waals surface area (Å²) in [4.78, 5) is 17.0. The number of aromatic nitrogens is 1. The number of halogens is 2. The lowest BCUT2D eigenvalue weighted by molar-refractivity contribution is -0.129. The van der Waals surface area contributed by atoms with E-state index in [1.165, 1.54) is 12.8 Å². The minimum absolute atomic E-state index is 0.123. The molecule has 1 aliphatic carbocycles. The Kier molecular flexibility index (Phi) is 7.89. The van der Waals surface area contributed by atoms with Gasteiger partial charge in [-0.05, 0) is 67.7 Å². The Hall–Kier alpha value is -2.86. The number of nitrogens with one attached hydrogen (secondary N) is 1. The van der Waals surface area contributed by atoms with Crippen LogP contribution in [0.4, 0.5) is 5.69 Å². The summed E-state index contributed by atoms with van der Waals surface area (Å²) in [7, 11) is 0. The van der Waals surface area contributed by atoms with E-state index in [0.29, 0.717) is 22.5 Å². The molecule has 1 saturated carbocycles. The maximum absolute atomic E-state index is 14.1. The first-order valence-corrected chi connectivity index (χ1v) is 15.6. The van der Waals surface area contributed by atoms with Crippen LogP contribution in [0.1, 0.15) is 49.4 Å². The third-order valence-corrected chi connectivity index (χ3v) is 10.2. The third kappa shape index (κ3) is 5.27. The Labute approximate surface area is 250 Å². The second-order valence-corrected chi connectivity index (χ2v) is 12.8. The van der Waals surface area contributed by atoms with Crippen LogP contribution in [0.5, 0.6) is 0 Å². The van der Waals surface area contributed by atoms with Crippen molar-refractivity contribution in [2.75, 3.05) is 5.32 Å². The number of carbonyl (C=O) groups is 1. The van der Waals surface area contributed by atoms with Crippen LogP contribution in [0, 0.1) is 12.8 Å². The van der Waals surface area contributed by atoms with Gasteiger partial charge in [-0.25, -0.2) is 0 Å². The number of anilines is 1. The van der Waals surface area contributed by atoms with Gasteiger partial charge < -0.3 is 14.8 Å². The second-order valence-electron chi connectivity index (χ2n) is 10.9. The highest BCUT2D eigenvalue weighted by Crippen LogP contribution is 2.43. The smallest absolute Gasteiger partial charge is 0.262 e. The maximum atomic E-state index is 14.1. The van der Waals surface area contributed by atoms with Crippen molar-refractivity contribution in [1.29, 1.82) is 0 Å². The van der Waals surface area contributed by atoms with Gasteiger partial charge in [0.15, 0.2) is 5.50 Å². The Morgan fingerprint density at radius 3 is 2.50 bits per heavy atom. The predicted molar refractivity (Wildman–Crippen MR) is 170 cm³/mol. The first-order valence-electron chi connectivity index (χ1n) is 13.9. The van der Waals surface area contributed by atoms with Crippen molar-refractivity contribution in [2.24, 2.45) is 5.92 Å². The average Bonchev–Trinajstić information content (AvgIpc) is 3.40. The van der Waals surface area contributed by atoms with Crippen molar-refractivity contribution in [1.82, 2.24) is 9.47 Å². The van der Waals surface area contributed by atoms with E-state index in [4.69, 9.17) is 23.2 Å². The highest BCUT2D eigenvalue weighted by molar-refractivity contribution is 8.05. The number of benzene rings is 3. The molecular weight excluding hydrogens is 557 g/mol. The molecule has 1 saturated heterocycles. The van der Waals surface area contributed by atoms with E-state index >= 15 is 0 Å². The number of rotatable bonds is 6. The minimum Gasteiger partial charge on any atom is -0.356 e. The lowest BCUT2D eigenvalue weighted by atomic mass is 9.85. The van der Waals surface area contributed by atoms with Crippen LogP contribution in [0.3, 0.4) is 0 Å². The molecule has 2 aliphatic rings.